The highest BCUT2D eigenvalue weighted by atomic mass is 35.5. The lowest BCUT2D eigenvalue weighted by molar-refractivity contribution is -0.125. The van der Waals surface area contributed by atoms with E-state index in [9.17, 15) is 4.79 Å². The van der Waals surface area contributed by atoms with Crippen molar-refractivity contribution in [3.63, 3.8) is 0 Å². The third-order valence-electron chi connectivity index (χ3n) is 4.42. The summed E-state index contributed by atoms with van der Waals surface area (Å²) in [4.78, 5) is 16.7. The van der Waals surface area contributed by atoms with Crippen LogP contribution in [0.5, 0.6) is 0 Å². The Balaban J connectivity index is 0.00000144. The van der Waals surface area contributed by atoms with Crippen LogP contribution in [0, 0.1) is 5.92 Å². The van der Waals surface area contributed by atoms with Crippen LogP contribution >= 0.6 is 24.8 Å². The van der Waals surface area contributed by atoms with E-state index in [2.05, 4.69) is 33.3 Å². The molecular formula is C17H26Cl2N4O. The van der Waals surface area contributed by atoms with Crippen LogP contribution in [0.2, 0.25) is 0 Å². The molecule has 0 aliphatic carbocycles. The average molecular weight is 373 g/mol. The van der Waals surface area contributed by atoms with Crippen molar-refractivity contribution in [2.75, 3.05) is 19.6 Å². The Hall–Kier alpha value is -1.30. The molecule has 2 N–H and O–H groups in total. The lowest BCUT2D eigenvalue weighted by Crippen LogP contribution is -2.40. The first-order valence-electron chi connectivity index (χ1n) is 8.14. The number of carbonyl (C=O) groups excluding carboxylic acids is 1. The lowest BCUT2D eigenvalue weighted by Gasteiger charge is -2.21. The molecule has 2 heterocycles. The van der Waals surface area contributed by atoms with E-state index in [1.54, 1.807) is 0 Å². The van der Waals surface area contributed by atoms with Crippen molar-refractivity contribution < 1.29 is 4.79 Å². The quantitative estimate of drug-likeness (QED) is 0.792. The molecule has 24 heavy (non-hydrogen) atoms. The van der Waals surface area contributed by atoms with Crippen molar-refractivity contribution in [1.29, 1.82) is 0 Å². The summed E-state index contributed by atoms with van der Waals surface area (Å²) in [5.74, 6) is 1.41. The van der Waals surface area contributed by atoms with Gasteiger partial charge in [-0.25, -0.2) is 4.98 Å². The molecule has 1 atom stereocenters. The van der Waals surface area contributed by atoms with E-state index < -0.39 is 0 Å². The van der Waals surface area contributed by atoms with E-state index in [1.807, 2.05) is 18.2 Å². The van der Waals surface area contributed by atoms with E-state index in [-0.39, 0.29) is 36.6 Å². The first-order valence-corrected chi connectivity index (χ1v) is 8.14. The van der Waals surface area contributed by atoms with Crippen LogP contribution in [0.25, 0.3) is 11.0 Å². The van der Waals surface area contributed by atoms with Crippen LogP contribution in [-0.4, -0.2) is 35.1 Å². The second-order valence-electron chi connectivity index (χ2n) is 6.01. The summed E-state index contributed by atoms with van der Waals surface area (Å²) in [6.07, 6.45) is 3.90. The Bertz CT molecular complexity index is 653. The van der Waals surface area contributed by atoms with Gasteiger partial charge in [0.1, 0.15) is 5.82 Å². The van der Waals surface area contributed by atoms with E-state index >= 15 is 0 Å². The van der Waals surface area contributed by atoms with E-state index in [1.165, 1.54) is 0 Å². The van der Waals surface area contributed by atoms with Gasteiger partial charge in [-0.15, -0.1) is 24.8 Å². The maximum atomic E-state index is 12.0. The van der Waals surface area contributed by atoms with Crippen LogP contribution in [0.3, 0.4) is 0 Å². The molecule has 5 nitrogen and oxygen atoms in total. The Morgan fingerprint density at radius 2 is 2.17 bits per heavy atom. The SMILES string of the molecule is Cl.Cl.Cn1c(CCCNC(=O)C2CCCNC2)nc2ccccc21. The molecule has 0 spiro atoms. The minimum absolute atomic E-state index is 0. The molecule has 1 aliphatic heterocycles. The van der Waals surface area contributed by atoms with Gasteiger partial charge >= 0.3 is 0 Å². The van der Waals surface area contributed by atoms with Crippen molar-refractivity contribution in [2.24, 2.45) is 13.0 Å². The number of piperidine rings is 1. The molecule has 0 saturated carbocycles. The molecule has 2 aromatic rings. The molecule has 1 unspecified atom stereocenters. The number of carbonyl (C=O) groups is 1. The second kappa shape index (κ2) is 9.87. The Kier molecular flexibility index (Phi) is 8.53. The highest BCUT2D eigenvalue weighted by Crippen LogP contribution is 2.15. The second-order valence-corrected chi connectivity index (χ2v) is 6.01. The van der Waals surface area contributed by atoms with Gasteiger partial charge in [-0.1, -0.05) is 12.1 Å². The van der Waals surface area contributed by atoms with Crippen molar-refractivity contribution in [3.05, 3.63) is 30.1 Å². The number of fused-ring (bicyclic) bond motifs is 1. The highest BCUT2D eigenvalue weighted by Gasteiger charge is 2.20. The fourth-order valence-electron chi connectivity index (χ4n) is 3.10. The van der Waals surface area contributed by atoms with Crippen molar-refractivity contribution in [3.8, 4) is 0 Å². The zero-order valence-corrected chi connectivity index (χ0v) is 15.6. The minimum atomic E-state index is 0. The standard InChI is InChI=1S/C17H24N4O.2ClH/c1-21-15-8-3-2-7-14(15)20-16(21)9-5-11-19-17(22)13-6-4-10-18-12-13;;/h2-3,7-8,13,18H,4-6,9-12H2,1H3,(H,19,22);2*1H. The molecule has 1 aromatic carbocycles. The molecule has 1 aliphatic rings. The topological polar surface area (TPSA) is 59.0 Å². The maximum Gasteiger partial charge on any atom is 0.224 e. The number of amides is 1. The predicted molar refractivity (Wildman–Crippen MR) is 102 cm³/mol. The number of aromatic nitrogens is 2. The van der Waals surface area contributed by atoms with Gasteiger partial charge < -0.3 is 15.2 Å². The third kappa shape index (κ3) is 4.85. The molecule has 0 radical (unpaired) electrons. The van der Waals surface area contributed by atoms with Crippen LogP contribution in [0.1, 0.15) is 25.1 Å². The maximum absolute atomic E-state index is 12.0. The summed E-state index contributed by atoms with van der Waals surface area (Å²) in [7, 11) is 2.05. The highest BCUT2D eigenvalue weighted by molar-refractivity contribution is 5.85. The summed E-state index contributed by atoms with van der Waals surface area (Å²) >= 11 is 0. The normalized spacial score (nSPS) is 17.0. The number of halogens is 2. The van der Waals surface area contributed by atoms with Gasteiger partial charge in [0.15, 0.2) is 0 Å². The number of rotatable bonds is 5. The van der Waals surface area contributed by atoms with Crippen LogP contribution in [0.15, 0.2) is 24.3 Å². The Morgan fingerprint density at radius 3 is 2.88 bits per heavy atom. The average Bonchev–Trinajstić information content (AvgIpc) is 2.89. The zero-order valence-electron chi connectivity index (χ0n) is 14.0. The summed E-state index contributed by atoms with van der Waals surface area (Å²) in [6.45, 7) is 2.58. The van der Waals surface area contributed by atoms with Gasteiger partial charge in [-0.2, -0.15) is 0 Å². The number of hydrogen-bond donors (Lipinski definition) is 2. The van der Waals surface area contributed by atoms with Gasteiger partial charge in [-0.3, -0.25) is 4.79 Å². The van der Waals surface area contributed by atoms with Crippen LogP contribution < -0.4 is 10.6 Å². The van der Waals surface area contributed by atoms with Crippen molar-refractivity contribution in [2.45, 2.75) is 25.7 Å². The first kappa shape index (κ1) is 20.7. The fraction of sp³-hybridized carbons (Fsp3) is 0.529. The van der Waals surface area contributed by atoms with Gasteiger partial charge in [0.05, 0.1) is 17.0 Å². The first-order chi connectivity index (χ1) is 10.8. The number of benzene rings is 1. The molecule has 1 amide bonds. The summed E-state index contributed by atoms with van der Waals surface area (Å²) < 4.78 is 2.14. The molecule has 3 rings (SSSR count). The minimum Gasteiger partial charge on any atom is -0.356 e. The number of aryl methyl sites for hydroxylation is 2. The summed E-state index contributed by atoms with van der Waals surface area (Å²) in [6, 6.07) is 8.17. The molecule has 134 valence electrons. The van der Waals surface area contributed by atoms with Gasteiger partial charge in [0.2, 0.25) is 5.91 Å². The van der Waals surface area contributed by atoms with Gasteiger partial charge in [-0.05, 0) is 37.9 Å². The molecule has 1 fully saturated rings. The molecular weight excluding hydrogens is 347 g/mol. The number of hydrogen-bond acceptors (Lipinski definition) is 3. The van der Waals surface area contributed by atoms with Crippen LogP contribution in [-0.2, 0) is 18.3 Å². The molecule has 1 saturated heterocycles. The van der Waals surface area contributed by atoms with Crippen LogP contribution in [0.4, 0.5) is 0 Å². The monoisotopic (exact) mass is 372 g/mol. The van der Waals surface area contributed by atoms with Gasteiger partial charge in [0.25, 0.3) is 0 Å². The summed E-state index contributed by atoms with van der Waals surface area (Å²) in [5.41, 5.74) is 2.20. The smallest absolute Gasteiger partial charge is 0.224 e. The largest absolute Gasteiger partial charge is 0.356 e. The predicted octanol–water partition coefficient (Wildman–Crippen LogP) is 2.47. The van der Waals surface area contributed by atoms with E-state index in [0.717, 1.165) is 62.2 Å². The zero-order chi connectivity index (χ0) is 15.4. The molecule has 7 heteroatoms. The number of nitrogens with zero attached hydrogens (tertiary/aromatic N) is 2. The third-order valence-corrected chi connectivity index (χ3v) is 4.42. The van der Waals surface area contributed by atoms with Crippen molar-refractivity contribution in [1.82, 2.24) is 20.2 Å². The molecule has 0 bridgehead atoms. The van der Waals surface area contributed by atoms with E-state index in [4.69, 9.17) is 0 Å². The van der Waals surface area contributed by atoms with Crippen molar-refractivity contribution >= 4 is 41.8 Å². The molecule has 1 aromatic heterocycles. The number of nitrogens with one attached hydrogen (secondary N) is 2. The fourth-order valence-corrected chi connectivity index (χ4v) is 3.10. The van der Waals surface area contributed by atoms with E-state index in [0.29, 0.717) is 0 Å². The Morgan fingerprint density at radius 1 is 1.38 bits per heavy atom. The Labute approximate surface area is 155 Å². The van der Waals surface area contributed by atoms with Gasteiger partial charge in [0, 0.05) is 26.6 Å². The number of imidazole rings is 1. The number of para-hydroxylation sites is 2. The lowest BCUT2D eigenvalue weighted by atomic mass is 9.99. The summed E-state index contributed by atoms with van der Waals surface area (Å²) in [5, 5.41) is 6.34.